The van der Waals surface area contributed by atoms with Gasteiger partial charge in [0.05, 0.1) is 11.2 Å². The Bertz CT molecular complexity index is 584. The molecule has 0 spiro atoms. The van der Waals surface area contributed by atoms with Gasteiger partial charge in [-0.25, -0.2) is 9.07 Å². The fourth-order valence-electron chi connectivity index (χ4n) is 1.42. The van der Waals surface area contributed by atoms with Crippen LogP contribution in [0.3, 0.4) is 0 Å². The number of amides is 1. The third kappa shape index (κ3) is 2.65. The van der Waals surface area contributed by atoms with Crippen molar-refractivity contribution in [3.05, 3.63) is 46.5 Å². The summed E-state index contributed by atoms with van der Waals surface area (Å²) < 4.78 is 14.3. The molecular weight excluding hydrogens is 259 g/mol. The first-order chi connectivity index (χ1) is 8.58. The van der Waals surface area contributed by atoms with E-state index < -0.39 is 5.82 Å². The van der Waals surface area contributed by atoms with Crippen LogP contribution in [0.4, 0.5) is 4.39 Å². The zero-order chi connectivity index (χ0) is 13.1. The molecule has 0 saturated carbocycles. The van der Waals surface area contributed by atoms with Crippen LogP contribution in [-0.2, 0) is 13.6 Å². The van der Waals surface area contributed by atoms with Gasteiger partial charge in [-0.3, -0.25) is 4.79 Å². The number of aromatic nitrogens is 3. The first-order valence-electron chi connectivity index (χ1n) is 5.14. The molecule has 0 saturated heterocycles. The monoisotopic (exact) mass is 268 g/mol. The number of hydrogen-bond donors (Lipinski definition) is 1. The van der Waals surface area contributed by atoms with E-state index >= 15 is 0 Å². The molecule has 1 aromatic carbocycles. The van der Waals surface area contributed by atoms with Crippen LogP contribution < -0.4 is 5.32 Å². The maximum absolute atomic E-state index is 12.9. The summed E-state index contributed by atoms with van der Waals surface area (Å²) in [6.07, 6.45) is 1.37. The molecule has 1 heterocycles. The average molecular weight is 269 g/mol. The van der Waals surface area contributed by atoms with Crippen LogP contribution >= 0.6 is 11.6 Å². The first kappa shape index (κ1) is 12.5. The molecule has 0 radical (unpaired) electrons. The molecule has 2 rings (SSSR count). The van der Waals surface area contributed by atoms with Gasteiger partial charge in [-0.15, -0.1) is 5.10 Å². The number of nitrogens with zero attached hydrogens (tertiary/aromatic N) is 3. The van der Waals surface area contributed by atoms with E-state index in [9.17, 15) is 9.18 Å². The highest BCUT2D eigenvalue weighted by atomic mass is 35.5. The van der Waals surface area contributed by atoms with Gasteiger partial charge < -0.3 is 5.32 Å². The molecule has 0 bridgehead atoms. The second-order valence-electron chi connectivity index (χ2n) is 3.67. The number of carbonyl (C=O) groups excluding carboxylic acids is 1. The van der Waals surface area contributed by atoms with Crippen molar-refractivity contribution in [2.75, 3.05) is 0 Å². The Morgan fingerprint density at radius 1 is 1.56 bits per heavy atom. The van der Waals surface area contributed by atoms with Crippen molar-refractivity contribution in [3.8, 4) is 0 Å². The van der Waals surface area contributed by atoms with Crippen molar-refractivity contribution in [1.29, 1.82) is 0 Å². The quantitative estimate of drug-likeness (QED) is 0.919. The fourth-order valence-corrected chi connectivity index (χ4v) is 1.62. The zero-order valence-corrected chi connectivity index (χ0v) is 10.3. The van der Waals surface area contributed by atoms with Crippen molar-refractivity contribution in [3.63, 3.8) is 0 Å². The lowest BCUT2D eigenvalue weighted by Crippen LogP contribution is -2.25. The lowest BCUT2D eigenvalue weighted by molar-refractivity contribution is 0.0941. The second-order valence-corrected chi connectivity index (χ2v) is 4.08. The summed E-state index contributed by atoms with van der Waals surface area (Å²) in [4.78, 5) is 11.7. The highest BCUT2D eigenvalue weighted by molar-refractivity contribution is 6.30. The summed E-state index contributed by atoms with van der Waals surface area (Å²) in [5.41, 5.74) is 1.06. The van der Waals surface area contributed by atoms with Gasteiger partial charge in [0.2, 0.25) is 0 Å². The number of benzene rings is 1. The molecule has 0 unspecified atom stereocenters. The molecule has 0 aliphatic carbocycles. The Balaban J connectivity index is 2.02. The SMILES string of the molecule is Cn1nncc1C(=O)NCc1ccc(F)c(Cl)c1. The summed E-state index contributed by atoms with van der Waals surface area (Å²) in [6, 6.07) is 4.29. The van der Waals surface area contributed by atoms with Crippen LogP contribution in [0.1, 0.15) is 16.1 Å². The van der Waals surface area contributed by atoms with Crippen LogP contribution in [0, 0.1) is 5.82 Å². The molecule has 0 atom stereocenters. The minimum atomic E-state index is -0.484. The number of nitrogens with one attached hydrogen (secondary N) is 1. The predicted molar refractivity (Wildman–Crippen MR) is 63.6 cm³/mol. The third-order valence-corrected chi connectivity index (χ3v) is 2.67. The Morgan fingerprint density at radius 2 is 2.33 bits per heavy atom. The van der Waals surface area contributed by atoms with E-state index in [0.29, 0.717) is 11.3 Å². The first-order valence-corrected chi connectivity index (χ1v) is 5.52. The lowest BCUT2D eigenvalue weighted by Gasteiger charge is -2.05. The maximum atomic E-state index is 12.9. The number of carbonyl (C=O) groups is 1. The van der Waals surface area contributed by atoms with E-state index in [1.165, 1.54) is 23.0 Å². The summed E-state index contributed by atoms with van der Waals surface area (Å²) >= 11 is 5.64. The van der Waals surface area contributed by atoms with Gasteiger partial charge in [0.15, 0.2) is 0 Å². The van der Waals surface area contributed by atoms with Crippen LogP contribution in [0.15, 0.2) is 24.4 Å². The normalized spacial score (nSPS) is 10.4. The summed E-state index contributed by atoms with van der Waals surface area (Å²) in [5.74, 6) is -0.787. The number of halogens is 2. The number of rotatable bonds is 3. The van der Waals surface area contributed by atoms with Crippen molar-refractivity contribution in [2.24, 2.45) is 7.05 Å². The Kier molecular flexibility index (Phi) is 3.57. The molecular formula is C11H10ClFN4O. The smallest absolute Gasteiger partial charge is 0.271 e. The Hall–Kier alpha value is -1.95. The van der Waals surface area contributed by atoms with Crippen LogP contribution in [0.5, 0.6) is 0 Å². The molecule has 1 aromatic heterocycles. The van der Waals surface area contributed by atoms with E-state index in [4.69, 9.17) is 11.6 Å². The topological polar surface area (TPSA) is 59.8 Å². The van der Waals surface area contributed by atoms with Crippen LogP contribution in [0.25, 0.3) is 0 Å². The van der Waals surface area contributed by atoms with Gasteiger partial charge in [0, 0.05) is 13.6 Å². The van der Waals surface area contributed by atoms with Crippen molar-refractivity contribution in [1.82, 2.24) is 20.3 Å². The Morgan fingerprint density at radius 3 is 2.94 bits per heavy atom. The molecule has 0 aliphatic heterocycles. The fraction of sp³-hybridized carbons (Fsp3) is 0.182. The van der Waals surface area contributed by atoms with Crippen molar-refractivity contribution >= 4 is 17.5 Å². The van der Waals surface area contributed by atoms with E-state index in [2.05, 4.69) is 15.6 Å². The standard InChI is InChI=1S/C11H10ClFN4O/c1-17-10(6-15-16-17)11(18)14-5-7-2-3-9(13)8(12)4-7/h2-4,6H,5H2,1H3,(H,14,18). The van der Waals surface area contributed by atoms with Crippen LogP contribution in [-0.4, -0.2) is 20.9 Å². The molecule has 0 aliphatic rings. The minimum absolute atomic E-state index is 0.0314. The lowest BCUT2D eigenvalue weighted by atomic mass is 10.2. The summed E-state index contributed by atoms with van der Waals surface area (Å²) in [5, 5.41) is 9.96. The predicted octanol–water partition coefficient (Wildman–Crippen LogP) is 1.54. The van der Waals surface area contributed by atoms with Crippen LogP contribution in [0.2, 0.25) is 5.02 Å². The van der Waals surface area contributed by atoms with Gasteiger partial charge in [-0.05, 0) is 17.7 Å². The zero-order valence-electron chi connectivity index (χ0n) is 9.52. The Labute approximate surface area is 108 Å². The van der Waals surface area contributed by atoms with E-state index in [0.717, 1.165) is 0 Å². The largest absolute Gasteiger partial charge is 0.347 e. The van der Waals surface area contributed by atoms with Gasteiger partial charge in [0.25, 0.3) is 5.91 Å². The third-order valence-electron chi connectivity index (χ3n) is 2.38. The van der Waals surface area contributed by atoms with Gasteiger partial charge in [-0.1, -0.05) is 22.9 Å². The molecule has 18 heavy (non-hydrogen) atoms. The van der Waals surface area contributed by atoms with E-state index in [-0.39, 0.29) is 17.5 Å². The van der Waals surface area contributed by atoms with Gasteiger partial charge in [-0.2, -0.15) is 0 Å². The van der Waals surface area contributed by atoms with E-state index in [1.54, 1.807) is 13.1 Å². The second kappa shape index (κ2) is 5.14. The molecule has 1 N–H and O–H groups in total. The summed E-state index contributed by atoms with van der Waals surface area (Å²) in [6.45, 7) is 0.254. The van der Waals surface area contributed by atoms with Gasteiger partial charge >= 0.3 is 0 Å². The molecule has 7 heteroatoms. The molecule has 1 amide bonds. The number of aryl methyl sites for hydroxylation is 1. The highest BCUT2D eigenvalue weighted by Gasteiger charge is 2.10. The highest BCUT2D eigenvalue weighted by Crippen LogP contribution is 2.15. The molecule has 94 valence electrons. The maximum Gasteiger partial charge on any atom is 0.271 e. The molecule has 0 fully saturated rings. The van der Waals surface area contributed by atoms with Crippen molar-refractivity contribution < 1.29 is 9.18 Å². The summed E-state index contributed by atoms with van der Waals surface area (Å²) in [7, 11) is 1.62. The van der Waals surface area contributed by atoms with Crippen molar-refractivity contribution in [2.45, 2.75) is 6.54 Å². The molecule has 2 aromatic rings. The van der Waals surface area contributed by atoms with E-state index in [1.807, 2.05) is 0 Å². The molecule has 5 nitrogen and oxygen atoms in total. The minimum Gasteiger partial charge on any atom is -0.347 e. The average Bonchev–Trinajstić information content (AvgIpc) is 2.77. The van der Waals surface area contributed by atoms with Gasteiger partial charge in [0.1, 0.15) is 11.5 Å². The number of hydrogen-bond acceptors (Lipinski definition) is 3.